The van der Waals surface area contributed by atoms with Gasteiger partial charge in [-0.15, -0.1) is 0 Å². The van der Waals surface area contributed by atoms with Crippen molar-refractivity contribution >= 4 is 5.71 Å². The van der Waals surface area contributed by atoms with E-state index in [4.69, 9.17) is 10.7 Å². The van der Waals surface area contributed by atoms with Crippen molar-refractivity contribution < 1.29 is 26.3 Å². The summed E-state index contributed by atoms with van der Waals surface area (Å²) in [5.74, 6) is 0.376. The van der Waals surface area contributed by atoms with Gasteiger partial charge in [0.2, 0.25) is 0 Å². The van der Waals surface area contributed by atoms with Crippen LogP contribution in [0.3, 0.4) is 0 Å². The molecule has 1 saturated heterocycles. The Balaban J connectivity index is 1.99. The molecule has 0 aromatic carbocycles. The average Bonchev–Trinajstić information content (AvgIpc) is 2.81. The van der Waals surface area contributed by atoms with Crippen LogP contribution in [-0.2, 0) is 0 Å². The number of nitrogens with two attached hydrogens (primary N) is 1. The Hall–Kier alpha value is -0.360. The molecule has 100 valence electrons. The SMILES string of the molecule is C=C1/C(N)=C2/CCCC2=NCC2CC1CC(O)[I-]2. The van der Waals surface area contributed by atoms with Crippen LogP contribution >= 0.6 is 0 Å². The first kappa shape index (κ1) is 12.7. The zero-order valence-corrected chi connectivity index (χ0v) is 12.7. The molecule has 0 radical (unpaired) electrons. The topological polar surface area (TPSA) is 58.6 Å². The predicted octanol–water partition coefficient (Wildman–Crippen LogP) is -1.42. The van der Waals surface area contributed by atoms with E-state index in [2.05, 4.69) is 6.58 Å². The predicted molar refractivity (Wildman–Crippen MR) is 69.0 cm³/mol. The first-order valence-electron chi connectivity index (χ1n) is 6.66. The van der Waals surface area contributed by atoms with Crippen LogP contribution in [0, 0.1) is 5.92 Å². The normalized spacial score (nSPS) is 41.1. The Kier molecular flexibility index (Phi) is 3.49. The molecule has 2 bridgehead atoms. The third-order valence-corrected chi connectivity index (χ3v) is 7.43. The minimum absolute atomic E-state index is 0.0970. The Labute approximate surface area is 119 Å². The number of fused-ring (bicyclic) bond motifs is 3. The Morgan fingerprint density at radius 3 is 3.00 bits per heavy atom. The monoisotopic (exact) mass is 359 g/mol. The molecular weight excluding hydrogens is 339 g/mol. The molecule has 0 aromatic heterocycles. The summed E-state index contributed by atoms with van der Waals surface area (Å²) >= 11 is -0.137. The number of aliphatic imine (C=N–C) groups is 1. The molecule has 2 aliphatic heterocycles. The van der Waals surface area contributed by atoms with E-state index < -0.39 is 0 Å². The van der Waals surface area contributed by atoms with Gasteiger partial charge in [-0.3, -0.25) is 0 Å². The van der Waals surface area contributed by atoms with Crippen LogP contribution < -0.4 is 26.9 Å². The molecule has 1 aliphatic carbocycles. The third-order valence-electron chi connectivity index (χ3n) is 4.18. The van der Waals surface area contributed by atoms with E-state index >= 15 is 0 Å². The van der Waals surface area contributed by atoms with Crippen molar-refractivity contribution in [3.8, 4) is 0 Å². The molecule has 4 heteroatoms. The van der Waals surface area contributed by atoms with Gasteiger partial charge < -0.3 is 0 Å². The number of aliphatic hydroxyl groups excluding tert-OH is 1. The molecule has 0 aromatic rings. The summed E-state index contributed by atoms with van der Waals surface area (Å²) in [5.41, 5.74) is 10.7. The van der Waals surface area contributed by atoms with Crippen LogP contribution in [0.4, 0.5) is 0 Å². The molecule has 18 heavy (non-hydrogen) atoms. The Morgan fingerprint density at radius 1 is 1.33 bits per heavy atom. The van der Waals surface area contributed by atoms with Crippen molar-refractivity contribution in [1.82, 2.24) is 0 Å². The van der Waals surface area contributed by atoms with E-state index in [1.54, 1.807) is 0 Å². The zero-order valence-electron chi connectivity index (χ0n) is 10.5. The molecule has 3 rings (SSSR count). The van der Waals surface area contributed by atoms with Crippen LogP contribution in [0.25, 0.3) is 0 Å². The van der Waals surface area contributed by atoms with Gasteiger partial charge in [-0.05, 0) is 0 Å². The van der Waals surface area contributed by atoms with Gasteiger partial charge in [0, 0.05) is 0 Å². The summed E-state index contributed by atoms with van der Waals surface area (Å²) in [6.07, 6.45) is 5.30. The number of halogens is 1. The second kappa shape index (κ2) is 4.96. The van der Waals surface area contributed by atoms with Crippen LogP contribution in [0.2, 0.25) is 0 Å². The van der Waals surface area contributed by atoms with E-state index in [0.29, 0.717) is 9.84 Å². The van der Waals surface area contributed by atoms with Gasteiger partial charge in [-0.1, -0.05) is 0 Å². The number of allylic oxidation sites excluding steroid dienone is 2. The summed E-state index contributed by atoms with van der Waals surface area (Å²) in [6, 6.07) is 0. The van der Waals surface area contributed by atoms with Crippen LogP contribution in [0.1, 0.15) is 32.1 Å². The second-order valence-electron chi connectivity index (χ2n) is 5.38. The molecule has 3 atom stereocenters. The Bertz CT molecular complexity index is 441. The number of hydrogen-bond donors (Lipinski definition) is 2. The van der Waals surface area contributed by atoms with Crippen molar-refractivity contribution in [3.63, 3.8) is 0 Å². The van der Waals surface area contributed by atoms with Gasteiger partial charge in [-0.2, -0.15) is 0 Å². The molecule has 3 N–H and O–H groups in total. The quantitative estimate of drug-likeness (QED) is 0.412. The van der Waals surface area contributed by atoms with Crippen LogP contribution in [-0.4, -0.2) is 25.4 Å². The fourth-order valence-corrected chi connectivity index (χ4v) is 6.58. The molecule has 3 nitrogen and oxygen atoms in total. The number of nitrogens with zero attached hydrogens (tertiary/aromatic N) is 1. The minimum atomic E-state index is -0.137. The maximum absolute atomic E-state index is 10.0. The van der Waals surface area contributed by atoms with Crippen molar-refractivity contribution in [3.05, 3.63) is 23.4 Å². The number of hydrogen-bond acceptors (Lipinski definition) is 3. The first-order valence-corrected chi connectivity index (χ1v) is 9.15. The summed E-state index contributed by atoms with van der Waals surface area (Å²) in [7, 11) is 0. The van der Waals surface area contributed by atoms with Gasteiger partial charge >= 0.3 is 119 Å². The third kappa shape index (κ3) is 2.25. The average molecular weight is 359 g/mol. The van der Waals surface area contributed by atoms with Gasteiger partial charge in [0.1, 0.15) is 0 Å². The van der Waals surface area contributed by atoms with E-state index in [9.17, 15) is 5.11 Å². The van der Waals surface area contributed by atoms with E-state index in [1.165, 1.54) is 17.7 Å². The van der Waals surface area contributed by atoms with Gasteiger partial charge in [0.15, 0.2) is 0 Å². The molecule has 3 unspecified atom stereocenters. The van der Waals surface area contributed by atoms with Gasteiger partial charge in [0.25, 0.3) is 0 Å². The van der Waals surface area contributed by atoms with E-state index in [-0.39, 0.29) is 25.3 Å². The standard InChI is InChI=1S/C14H20IN2O/c1-8-9-5-10(15-13(18)6-9)7-17-12-4-2-3-11(12)14(8)16/h9-10,13,18H,1-7,16H2/q-1/b14-11+,17-12?. The Morgan fingerprint density at radius 2 is 2.17 bits per heavy atom. The summed E-state index contributed by atoms with van der Waals surface area (Å²) in [4.78, 5) is 4.80. The molecule has 3 aliphatic rings. The van der Waals surface area contributed by atoms with Gasteiger partial charge in [0.05, 0.1) is 0 Å². The van der Waals surface area contributed by atoms with E-state index in [0.717, 1.165) is 43.5 Å². The first-order chi connectivity index (χ1) is 8.65. The molecule has 2 fully saturated rings. The van der Waals surface area contributed by atoms with Crippen molar-refractivity contribution in [2.45, 2.75) is 40.1 Å². The van der Waals surface area contributed by atoms with Gasteiger partial charge in [-0.25, -0.2) is 0 Å². The van der Waals surface area contributed by atoms with Crippen LogP contribution in [0.15, 0.2) is 28.4 Å². The van der Waals surface area contributed by atoms with Crippen molar-refractivity contribution in [1.29, 1.82) is 0 Å². The zero-order chi connectivity index (χ0) is 12.7. The fraction of sp³-hybridized carbons (Fsp3) is 0.643. The molecular formula is C14H20IN2O-. The van der Waals surface area contributed by atoms with Crippen LogP contribution in [0.5, 0.6) is 0 Å². The number of rotatable bonds is 0. The number of aliphatic hydroxyl groups is 1. The molecule has 1 saturated carbocycles. The molecule has 0 spiro atoms. The molecule has 2 heterocycles. The summed E-state index contributed by atoms with van der Waals surface area (Å²) in [5, 5.41) is 10.0. The summed E-state index contributed by atoms with van der Waals surface area (Å²) < 4.78 is 0.509. The van der Waals surface area contributed by atoms with Crippen molar-refractivity contribution in [2.75, 3.05) is 6.54 Å². The number of alkyl halides is 2. The van der Waals surface area contributed by atoms with E-state index in [1.807, 2.05) is 0 Å². The fourth-order valence-electron chi connectivity index (χ4n) is 3.16. The molecule has 0 amide bonds. The summed E-state index contributed by atoms with van der Waals surface area (Å²) in [6.45, 7) is 5.12. The van der Waals surface area contributed by atoms with Crippen molar-refractivity contribution in [2.24, 2.45) is 16.6 Å². The maximum atomic E-state index is 10.0. The second-order valence-corrected chi connectivity index (χ2v) is 9.30.